The summed E-state index contributed by atoms with van der Waals surface area (Å²) in [5, 5.41) is 28.4. The molecule has 5 heteroatoms. The number of rotatable bonds is 3. The fourth-order valence-electron chi connectivity index (χ4n) is 1.11. The summed E-state index contributed by atoms with van der Waals surface area (Å²) in [6.07, 6.45) is -2.34. The van der Waals surface area contributed by atoms with Crippen LogP contribution < -0.4 is 5.73 Å². The lowest BCUT2D eigenvalue weighted by Crippen LogP contribution is -2.27. The van der Waals surface area contributed by atoms with Gasteiger partial charge in [0.25, 0.3) is 0 Å². The monoisotopic (exact) mass is 217 g/mol. The third-order valence-corrected chi connectivity index (χ3v) is 2.25. The first-order valence-corrected chi connectivity index (χ1v) is 4.49. The van der Waals surface area contributed by atoms with E-state index < -0.39 is 12.2 Å². The highest BCUT2D eigenvalue weighted by Crippen LogP contribution is 2.32. The number of para-hydroxylation sites is 1. The minimum absolute atomic E-state index is 0.0902. The Kier molecular flexibility index (Phi) is 3.71. The highest BCUT2D eigenvalue weighted by molar-refractivity contribution is 6.32. The van der Waals surface area contributed by atoms with E-state index >= 15 is 0 Å². The molecule has 0 fully saturated rings. The van der Waals surface area contributed by atoms with Crippen molar-refractivity contribution in [3.63, 3.8) is 0 Å². The molecule has 0 bridgehead atoms. The van der Waals surface area contributed by atoms with Gasteiger partial charge in [-0.05, 0) is 6.07 Å². The fraction of sp³-hybridized carbons (Fsp3) is 0.333. The van der Waals surface area contributed by atoms with E-state index in [1.54, 1.807) is 6.07 Å². The van der Waals surface area contributed by atoms with Crippen LogP contribution in [0.25, 0.3) is 0 Å². The van der Waals surface area contributed by atoms with Crippen molar-refractivity contribution in [1.82, 2.24) is 0 Å². The van der Waals surface area contributed by atoms with Crippen molar-refractivity contribution in [2.24, 2.45) is 5.73 Å². The number of hydrogen-bond acceptors (Lipinski definition) is 4. The molecule has 0 amide bonds. The number of nitrogens with two attached hydrogens (primary N) is 1. The molecule has 14 heavy (non-hydrogen) atoms. The Balaban J connectivity index is 3.01. The molecule has 5 N–H and O–H groups in total. The molecule has 0 spiro atoms. The summed E-state index contributed by atoms with van der Waals surface area (Å²) < 4.78 is 0. The molecular formula is C9H12ClNO3. The van der Waals surface area contributed by atoms with Gasteiger partial charge in [0.2, 0.25) is 0 Å². The Morgan fingerprint density at radius 1 is 1.36 bits per heavy atom. The van der Waals surface area contributed by atoms with Crippen LogP contribution in [0.4, 0.5) is 0 Å². The van der Waals surface area contributed by atoms with E-state index in [1.165, 1.54) is 12.1 Å². The smallest absolute Gasteiger partial charge is 0.140 e. The van der Waals surface area contributed by atoms with Crippen LogP contribution in [0, 0.1) is 0 Å². The van der Waals surface area contributed by atoms with E-state index in [-0.39, 0.29) is 22.9 Å². The molecule has 0 aliphatic heterocycles. The molecule has 4 nitrogen and oxygen atoms in total. The maximum atomic E-state index is 9.55. The van der Waals surface area contributed by atoms with Crippen LogP contribution in [0.15, 0.2) is 18.2 Å². The molecule has 0 heterocycles. The summed E-state index contributed by atoms with van der Waals surface area (Å²) in [6, 6.07) is 4.54. The Hall–Kier alpha value is -0.810. The summed E-state index contributed by atoms with van der Waals surface area (Å²) >= 11 is 5.63. The van der Waals surface area contributed by atoms with Crippen LogP contribution in [0.1, 0.15) is 11.7 Å². The van der Waals surface area contributed by atoms with Crippen molar-refractivity contribution >= 4 is 11.6 Å². The summed E-state index contributed by atoms with van der Waals surface area (Å²) in [5.74, 6) is -0.228. The third kappa shape index (κ3) is 2.16. The highest BCUT2D eigenvalue weighted by atomic mass is 35.5. The molecule has 0 saturated heterocycles. The minimum Gasteiger partial charge on any atom is -0.506 e. The topological polar surface area (TPSA) is 86.7 Å². The molecule has 0 saturated carbocycles. The quantitative estimate of drug-likeness (QED) is 0.590. The van der Waals surface area contributed by atoms with Gasteiger partial charge >= 0.3 is 0 Å². The minimum atomic E-state index is -1.22. The summed E-state index contributed by atoms with van der Waals surface area (Å²) in [7, 11) is 0. The second-order valence-corrected chi connectivity index (χ2v) is 3.33. The lowest BCUT2D eigenvalue weighted by atomic mass is 10.0. The highest BCUT2D eigenvalue weighted by Gasteiger charge is 2.20. The molecule has 0 aromatic heterocycles. The number of halogens is 1. The summed E-state index contributed by atoms with van der Waals surface area (Å²) in [5.41, 5.74) is 5.35. The van der Waals surface area contributed by atoms with Crippen LogP contribution in [0.3, 0.4) is 0 Å². The number of phenols is 1. The predicted molar refractivity (Wildman–Crippen MR) is 53.1 cm³/mol. The molecule has 78 valence electrons. The van der Waals surface area contributed by atoms with Gasteiger partial charge in [0.1, 0.15) is 11.9 Å². The van der Waals surface area contributed by atoms with Crippen LogP contribution in [-0.4, -0.2) is 28.0 Å². The SMILES string of the molecule is NCC(O)C(O)c1cccc(Cl)c1O. The van der Waals surface area contributed by atoms with Gasteiger partial charge < -0.3 is 21.1 Å². The van der Waals surface area contributed by atoms with Gasteiger partial charge in [-0.1, -0.05) is 23.7 Å². The number of hydrogen-bond donors (Lipinski definition) is 4. The van der Waals surface area contributed by atoms with E-state index in [0.29, 0.717) is 0 Å². The van der Waals surface area contributed by atoms with Crippen molar-refractivity contribution < 1.29 is 15.3 Å². The van der Waals surface area contributed by atoms with E-state index in [9.17, 15) is 15.3 Å². The number of phenolic OH excluding ortho intramolecular Hbond substituents is 1. The largest absolute Gasteiger partial charge is 0.506 e. The van der Waals surface area contributed by atoms with Crippen molar-refractivity contribution in [3.05, 3.63) is 28.8 Å². The first-order valence-electron chi connectivity index (χ1n) is 4.11. The van der Waals surface area contributed by atoms with E-state index in [0.717, 1.165) is 0 Å². The maximum Gasteiger partial charge on any atom is 0.140 e. The summed E-state index contributed by atoms with van der Waals surface area (Å²) in [6.45, 7) is -0.0902. The number of aromatic hydroxyl groups is 1. The van der Waals surface area contributed by atoms with Crippen LogP contribution >= 0.6 is 11.6 Å². The molecular weight excluding hydrogens is 206 g/mol. The number of aliphatic hydroxyl groups excluding tert-OH is 2. The lowest BCUT2D eigenvalue weighted by molar-refractivity contribution is 0.0230. The molecule has 2 unspecified atom stereocenters. The average Bonchev–Trinajstić information content (AvgIpc) is 2.20. The second kappa shape index (κ2) is 4.61. The van der Waals surface area contributed by atoms with Gasteiger partial charge in [-0.3, -0.25) is 0 Å². The zero-order chi connectivity index (χ0) is 10.7. The van der Waals surface area contributed by atoms with Crippen molar-refractivity contribution in [2.75, 3.05) is 6.54 Å². The van der Waals surface area contributed by atoms with E-state index in [2.05, 4.69) is 0 Å². The zero-order valence-electron chi connectivity index (χ0n) is 7.39. The average molecular weight is 218 g/mol. The zero-order valence-corrected chi connectivity index (χ0v) is 8.15. The maximum absolute atomic E-state index is 9.55. The van der Waals surface area contributed by atoms with Gasteiger partial charge in [-0.25, -0.2) is 0 Å². The Morgan fingerprint density at radius 3 is 2.57 bits per heavy atom. The fourth-order valence-corrected chi connectivity index (χ4v) is 1.29. The van der Waals surface area contributed by atoms with Crippen molar-refractivity contribution in [3.8, 4) is 5.75 Å². The standard InChI is InChI=1S/C9H12ClNO3/c10-6-3-1-2-5(8(6)13)9(14)7(12)4-11/h1-3,7,9,12-14H,4,11H2. The second-order valence-electron chi connectivity index (χ2n) is 2.93. The van der Waals surface area contributed by atoms with Gasteiger partial charge in [0.05, 0.1) is 11.1 Å². The molecule has 1 aromatic carbocycles. The molecule has 0 radical (unpaired) electrons. The lowest BCUT2D eigenvalue weighted by Gasteiger charge is -2.17. The van der Waals surface area contributed by atoms with Gasteiger partial charge in [0, 0.05) is 12.1 Å². The van der Waals surface area contributed by atoms with Crippen molar-refractivity contribution in [2.45, 2.75) is 12.2 Å². The number of aliphatic hydroxyl groups is 2. The van der Waals surface area contributed by atoms with Gasteiger partial charge in [0.15, 0.2) is 0 Å². The van der Waals surface area contributed by atoms with Gasteiger partial charge in [-0.15, -0.1) is 0 Å². The van der Waals surface area contributed by atoms with Gasteiger partial charge in [-0.2, -0.15) is 0 Å². The number of benzene rings is 1. The Labute approximate surface area is 86.6 Å². The molecule has 0 aliphatic carbocycles. The first kappa shape index (κ1) is 11.3. The van der Waals surface area contributed by atoms with Crippen molar-refractivity contribution in [1.29, 1.82) is 0 Å². The van der Waals surface area contributed by atoms with E-state index in [4.69, 9.17) is 17.3 Å². The van der Waals surface area contributed by atoms with E-state index in [1.807, 2.05) is 0 Å². The first-order chi connectivity index (χ1) is 6.57. The molecule has 0 aliphatic rings. The van der Waals surface area contributed by atoms with Crippen LogP contribution in [-0.2, 0) is 0 Å². The molecule has 1 aromatic rings. The predicted octanol–water partition coefficient (Wildman–Crippen LogP) is 0.399. The van der Waals surface area contributed by atoms with Crippen LogP contribution in [0.2, 0.25) is 5.02 Å². The molecule has 1 rings (SSSR count). The normalized spacial score (nSPS) is 15.1. The molecule has 2 atom stereocenters. The Bertz CT molecular complexity index is 319. The van der Waals surface area contributed by atoms with Crippen LogP contribution in [0.5, 0.6) is 5.75 Å². The Morgan fingerprint density at radius 2 is 2.00 bits per heavy atom. The third-order valence-electron chi connectivity index (χ3n) is 1.94. The summed E-state index contributed by atoms with van der Waals surface area (Å²) in [4.78, 5) is 0.